The van der Waals surface area contributed by atoms with Crippen LogP contribution >= 0.6 is 0 Å². The lowest BCUT2D eigenvalue weighted by Crippen LogP contribution is -2.42. The molecule has 2 aromatic rings. The molecule has 1 unspecified atom stereocenters. The Morgan fingerprint density at radius 1 is 1.24 bits per heavy atom. The molecule has 10 heteroatoms. The third-order valence-corrected chi connectivity index (χ3v) is 5.05. The normalized spacial score (nSPS) is 15.0. The fourth-order valence-corrected chi connectivity index (χ4v) is 3.58. The number of carbonyl (C=O) groups excluding carboxylic acids is 2. The second-order valence-electron chi connectivity index (χ2n) is 8.95. The molecule has 0 radical (unpaired) electrons. The molecule has 0 saturated heterocycles. The molecule has 34 heavy (non-hydrogen) atoms. The standard InChI is InChI=1S/C24H33N5O5/c1-6-33-21(30)14-26-18-9-10-20(32-5)29-22(18)27-17-11-15-7-8-16(12-19(15)25-13-17)28-23(31)34-24(2,3)4/h9-11,13,16,26H,6-8,12,14H2,1-5H3,(H,27,29)(H,28,31). The second kappa shape index (κ2) is 11.0. The highest BCUT2D eigenvalue weighted by Gasteiger charge is 2.24. The van der Waals surface area contributed by atoms with Crippen LogP contribution in [-0.2, 0) is 27.1 Å². The zero-order chi connectivity index (χ0) is 24.7. The molecule has 1 aliphatic rings. The van der Waals surface area contributed by atoms with Crippen molar-refractivity contribution in [1.29, 1.82) is 0 Å². The maximum absolute atomic E-state index is 12.1. The van der Waals surface area contributed by atoms with Crippen LogP contribution in [0.25, 0.3) is 0 Å². The Labute approximate surface area is 199 Å². The van der Waals surface area contributed by atoms with E-state index in [0.29, 0.717) is 30.4 Å². The Hall–Kier alpha value is -3.56. The van der Waals surface area contributed by atoms with E-state index < -0.39 is 11.7 Å². The number of hydrogen-bond donors (Lipinski definition) is 3. The largest absolute Gasteiger partial charge is 0.481 e. The molecule has 184 valence electrons. The third kappa shape index (κ3) is 7.23. The van der Waals surface area contributed by atoms with Crippen molar-refractivity contribution in [3.8, 4) is 5.88 Å². The first-order chi connectivity index (χ1) is 16.2. The first-order valence-corrected chi connectivity index (χ1v) is 11.4. The number of pyridine rings is 2. The molecule has 0 fully saturated rings. The lowest BCUT2D eigenvalue weighted by Gasteiger charge is -2.27. The summed E-state index contributed by atoms with van der Waals surface area (Å²) in [6.07, 6.45) is 3.52. The zero-order valence-electron chi connectivity index (χ0n) is 20.4. The van der Waals surface area contributed by atoms with Crippen molar-refractivity contribution in [3.05, 3.63) is 35.7 Å². The molecule has 10 nitrogen and oxygen atoms in total. The predicted octanol–water partition coefficient (Wildman–Crippen LogP) is 3.59. The van der Waals surface area contributed by atoms with Crippen molar-refractivity contribution in [2.75, 3.05) is 30.9 Å². The quantitative estimate of drug-likeness (QED) is 0.496. The zero-order valence-corrected chi connectivity index (χ0v) is 20.4. The van der Waals surface area contributed by atoms with Crippen molar-refractivity contribution >= 4 is 29.3 Å². The number of amides is 1. The van der Waals surface area contributed by atoms with Gasteiger partial charge >= 0.3 is 12.1 Å². The average molecular weight is 472 g/mol. The fourth-order valence-electron chi connectivity index (χ4n) is 3.58. The number of anilines is 3. The van der Waals surface area contributed by atoms with Crippen LogP contribution in [0.1, 0.15) is 45.4 Å². The van der Waals surface area contributed by atoms with Gasteiger partial charge in [0.15, 0.2) is 5.82 Å². The number of aryl methyl sites for hydroxylation is 1. The molecule has 0 saturated carbocycles. The summed E-state index contributed by atoms with van der Waals surface area (Å²) in [6.45, 7) is 7.63. The number of nitrogens with one attached hydrogen (secondary N) is 3. The Morgan fingerprint density at radius 2 is 2.03 bits per heavy atom. The summed E-state index contributed by atoms with van der Waals surface area (Å²) < 4.78 is 15.6. The minimum absolute atomic E-state index is 0.0189. The lowest BCUT2D eigenvalue weighted by atomic mass is 9.92. The molecular weight excluding hydrogens is 438 g/mol. The van der Waals surface area contributed by atoms with E-state index in [9.17, 15) is 9.59 Å². The van der Waals surface area contributed by atoms with Crippen LogP contribution in [-0.4, -0.2) is 53.9 Å². The van der Waals surface area contributed by atoms with Gasteiger partial charge in [0, 0.05) is 24.2 Å². The summed E-state index contributed by atoms with van der Waals surface area (Å²) >= 11 is 0. The van der Waals surface area contributed by atoms with Gasteiger partial charge in [-0.3, -0.25) is 9.78 Å². The van der Waals surface area contributed by atoms with Crippen molar-refractivity contribution in [2.24, 2.45) is 0 Å². The molecule has 3 rings (SSSR count). The summed E-state index contributed by atoms with van der Waals surface area (Å²) in [5.74, 6) is 0.589. The Bertz CT molecular complexity index is 1020. The molecule has 0 bridgehead atoms. The smallest absolute Gasteiger partial charge is 0.407 e. The molecule has 3 N–H and O–H groups in total. The van der Waals surface area contributed by atoms with Crippen LogP contribution in [0.5, 0.6) is 5.88 Å². The molecule has 2 aromatic heterocycles. The van der Waals surface area contributed by atoms with Gasteiger partial charge in [0.05, 0.1) is 31.3 Å². The second-order valence-corrected chi connectivity index (χ2v) is 8.95. The van der Waals surface area contributed by atoms with Gasteiger partial charge in [0.2, 0.25) is 5.88 Å². The van der Waals surface area contributed by atoms with Crippen molar-refractivity contribution in [3.63, 3.8) is 0 Å². The fraction of sp³-hybridized carbons (Fsp3) is 0.500. The molecule has 0 aliphatic heterocycles. The molecule has 1 atom stereocenters. The highest BCUT2D eigenvalue weighted by atomic mass is 16.6. The molecule has 1 amide bonds. The van der Waals surface area contributed by atoms with E-state index >= 15 is 0 Å². The number of carbonyl (C=O) groups is 2. The summed E-state index contributed by atoms with van der Waals surface area (Å²) in [5.41, 5.74) is 2.91. The van der Waals surface area contributed by atoms with Gasteiger partial charge in [-0.2, -0.15) is 4.98 Å². The maximum atomic E-state index is 12.1. The third-order valence-electron chi connectivity index (χ3n) is 5.05. The number of ether oxygens (including phenoxy) is 3. The Morgan fingerprint density at radius 3 is 2.74 bits per heavy atom. The lowest BCUT2D eigenvalue weighted by molar-refractivity contribution is -0.140. The van der Waals surface area contributed by atoms with Gasteiger partial charge in [-0.1, -0.05) is 0 Å². The molecular formula is C24H33N5O5. The van der Waals surface area contributed by atoms with Crippen LogP contribution in [0.3, 0.4) is 0 Å². The number of rotatable bonds is 8. The highest BCUT2D eigenvalue weighted by molar-refractivity contribution is 5.78. The summed E-state index contributed by atoms with van der Waals surface area (Å²) in [7, 11) is 1.54. The predicted molar refractivity (Wildman–Crippen MR) is 129 cm³/mol. The van der Waals surface area contributed by atoms with Crippen molar-refractivity contribution in [2.45, 2.75) is 58.6 Å². The molecule has 1 aliphatic carbocycles. The maximum Gasteiger partial charge on any atom is 0.407 e. The highest BCUT2D eigenvalue weighted by Crippen LogP contribution is 2.28. The van der Waals surface area contributed by atoms with E-state index in [1.54, 1.807) is 32.4 Å². The van der Waals surface area contributed by atoms with E-state index in [1.807, 2.05) is 26.8 Å². The van der Waals surface area contributed by atoms with Crippen LogP contribution in [0.2, 0.25) is 0 Å². The van der Waals surface area contributed by atoms with Crippen LogP contribution in [0.4, 0.5) is 22.0 Å². The summed E-state index contributed by atoms with van der Waals surface area (Å²) in [5, 5.41) is 9.24. The number of aromatic nitrogens is 2. The number of alkyl carbamates (subject to hydrolysis) is 1. The average Bonchev–Trinajstić information content (AvgIpc) is 2.77. The van der Waals surface area contributed by atoms with Gasteiger partial charge in [-0.05, 0) is 58.2 Å². The Balaban J connectivity index is 1.68. The van der Waals surface area contributed by atoms with E-state index in [1.165, 1.54) is 0 Å². The SMILES string of the molecule is CCOC(=O)CNc1ccc(OC)nc1Nc1cnc2c(c1)CCC(NC(=O)OC(C)(C)C)C2. The van der Waals surface area contributed by atoms with Gasteiger partial charge < -0.3 is 30.2 Å². The molecule has 0 spiro atoms. The number of fused-ring (bicyclic) bond motifs is 1. The van der Waals surface area contributed by atoms with Gasteiger partial charge in [0.25, 0.3) is 0 Å². The number of nitrogens with zero attached hydrogens (tertiary/aromatic N) is 2. The first kappa shape index (κ1) is 25.1. The van der Waals surface area contributed by atoms with E-state index in [0.717, 1.165) is 29.8 Å². The summed E-state index contributed by atoms with van der Waals surface area (Å²) in [6, 6.07) is 5.50. The number of methoxy groups -OCH3 is 1. The van der Waals surface area contributed by atoms with Gasteiger partial charge in [0.1, 0.15) is 12.1 Å². The van der Waals surface area contributed by atoms with Gasteiger partial charge in [-0.15, -0.1) is 0 Å². The topological polar surface area (TPSA) is 124 Å². The minimum atomic E-state index is -0.534. The van der Waals surface area contributed by atoms with Crippen molar-refractivity contribution in [1.82, 2.24) is 15.3 Å². The summed E-state index contributed by atoms with van der Waals surface area (Å²) in [4.78, 5) is 32.9. The number of esters is 1. The minimum Gasteiger partial charge on any atom is -0.481 e. The van der Waals surface area contributed by atoms with Crippen LogP contribution in [0.15, 0.2) is 24.4 Å². The van der Waals surface area contributed by atoms with Crippen molar-refractivity contribution < 1.29 is 23.8 Å². The first-order valence-electron chi connectivity index (χ1n) is 11.4. The monoisotopic (exact) mass is 471 g/mol. The molecule has 2 heterocycles. The van der Waals surface area contributed by atoms with E-state index in [-0.39, 0.29) is 18.6 Å². The van der Waals surface area contributed by atoms with Crippen LogP contribution < -0.4 is 20.7 Å². The van der Waals surface area contributed by atoms with Gasteiger partial charge in [-0.25, -0.2) is 4.79 Å². The van der Waals surface area contributed by atoms with E-state index in [2.05, 4.69) is 25.9 Å². The van der Waals surface area contributed by atoms with E-state index in [4.69, 9.17) is 14.2 Å². The Kier molecular flexibility index (Phi) is 8.14. The van der Waals surface area contributed by atoms with Crippen LogP contribution in [0, 0.1) is 0 Å². The number of hydrogen-bond acceptors (Lipinski definition) is 9. The molecule has 0 aromatic carbocycles.